The van der Waals surface area contributed by atoms with Crippen LogP contribution in [-0.2, 0) is 4.74 Å². The van der Waals surface area contributed by atoms with Gasteiger partial charge >= 0.3 is 0 Å². The lowest BCUT2D eigenvalue weighted by molar-refractivity contribution is 0.0198. The molecule has 1 atom stereocenters. The maximum atomic E-state index is 12.7. The zero-order chi connectivity index (χ0) is 17.2. The zero-order valence-electron chi connectivity index (χ0n) is 14.3. The molecule has 0 spiro atoms. The van der Waals surface area contributed by atoms with Crippen molar-refractivity contribution in [3.63, 3.8) is 0 Å². The lowest BCUT2D eigenvalue weighted by Gasteiger charge is -2.32. The van der Waals surface area contributed by atoms with Crippen LogP contribution in [0, 0.1) is 0 Å². The van der Waals surface area contributed by atoms with Gasteiger partial charge in [-0.2, -0.15) is 0 Å². The van der Waals surface area contributed by atoms with Gasteiger partial charge in [-0.05, 0) is 30.2 Å². The number of ether oxygens (including phenoxy) is 1. The average Bonchev–Trinajstić information content (AvgIpc) is 2.69. The summed E-state index contributed by atoms with van der Waals surface area (Å²) >= 11 is 0. The highest BCUT2D eigenvalue weighted by Crippen LogP contribution is 2.25. The van der Waals surface area contributed by atoms with Gasteiger partial charge in [-0.1, -0.05) is 36.4 Å². The van der Waals surface area contributed by atoms with Gasteiger partial charge in [-0.15, -0.1) is 0 Å². The van der Waals surface area contributed by atoms with Crippen LogP contribution in [0.4, 0.5) is 0 Å². The van der Waals surface area contributed by atoms with Crippen molar-refractivity contribution in [3.05, 3.63) is 70.6 Å². The van der Waals surface area contributed by atoms with E-state index < -0.39 is 0 Å². The van der Waals surface area contributed by atoms with Gasteiger partial charge in [-0.25, -0.2) is 0 Å². The summed E-state index contributed by atoms with van der Waals surface area (Å²) in [5.41, 5.74) is 3.36. The molecule has 0 saturated carbocycles. The number of fused-ring (bicyclic) bond motifs is 1. The lowest BCUT2D eigenvalue weighted by atomic mass is 10.0. The van der Waals surface area contributed by atoms with Crippen molar-refractivity contribution >= 4 is 11.0 Å². The van der Waals surface area contributed by atoms with Gasteiger partial charge in [0.1, 0.15) is 11.8 Å². The van der Waals surface area contributed by atoms with E-state index in [1.165, 1.54) is 5.56 Å². The highest BCUT2D eigenvalue weighted by atomic mass is 16.5. The van der Waals surface area contributed by atoms with Crippen LogP contribution in [-0.4, -0.2) is 31.2 Å². The van der Waals surface area contributed by atoms with Gasteiger partial charge < -0.3 is 9.15 Å². The molecule has 1 aliphatic rings. The third-order valence-electron chi connectivity index (χ3n) is 4.98. The Hall–Kier alpha value is -2.43. The van der Waals surface area contributed by atoms with Gasteiger partial charge in [-0.3, -0.25) is 9.69 Å². The van der Waals surface area contributed by atoms with Crippen molar-refractivity contribution in [3.8, 4) is 11.1 Å². The van der Waals surface area contributed by atoms with Crippen molar-refractivity contribution in [1.82, 2.24) is 4.90 Å². The molecule has 0 aliphatic carbocycles. The second kappa shape index (κ2) is 6.82. The molecule has 1 aliphatic heterocycles. The summed E-state index contributed by atoms with van der Waals surface area (Å²) in [6.45, 7) is 5.71. The van der Waals surface area contributed by atoms with E-state index in [0.717, 1.165) is 31.9 Å². The molecule has 1 aromatic heterocycles. The molecule has 4 nitrogen and oxygen atoms in total. The number of hydrogen-bond acceptors (Lipinski definition) is 4. The van der Waals surface area contributed by atoms with Gasteiger partial charge in [0.2, 0.25) is 0 Å². The Balaban J connectivity index is 1.64. The van der Waals surface area contributed by atoms with E-state index in [-0.39, 0.29) is 5.43 Å². The van der Waals surface area contributed by atoms with E-state index >= 15 is 0 Å². The molecule has 3 aromatic rings. The Morgan fingerprint density at radius 1 is 1.00 bits per heavy atom. The molecule has 1 unspecified atom stereocenters. The number of nitrogens with zero attached hydrogens (tertiary/aromatic N) is 1. The maximum absolute atomic E-state index is 12.7. The Bertz CT molecular complexity index is 924. The van der Waals surface area contributed by atoms with Crippen molar-refractivity contribution in [2.24, 2.45) is 0 Å². The van der Waals surface area contributed by atoms with Crippen LogP contribution < -0.4 is 5.43 Å². The van der Waals surface area contributed by atoms with E-state index in [1.54, 1.807) is 12.3 Å². The predicted molar refractivity (Wildman–Crippen MR) is 98.7 cm³/mol. The fourth-order valence-electron chi connectivity index (χ4n) is 3.39. The van der Waals surface area contributed by atoms with E-state index in [1.807, 2.05) is 30.3 Å². The molecule has 4 rings (SSSR count). The van der Waals surface area contributed by atoms with Crippen molar-refractivity contribution < 1.29 is 9.15 Å². The van der Waals surface area contributed by atoms with E-state index in [0.29, 0.717) is 22.6 Å². The van der Waals surface area contributed by atoms with E-state index in [9.17, 15) is 4.79 Å². The average molecular weight is 335 g/mol. The number of hydrogen-bond donors (Lipinski definition) is 0. The minimum absolute atomic E-state index is 0.0100. The SMILES string of the molecule is CC(c1ccc(-c2coc3ccccc3c2=O)cc1)N1CCOCC1. The van der Waals surface area contributed by atoms with Crippen LogP contribution in [0.3, 0.4) is 0 Å². The summed E-state index contributed by atoms with van der Waals surface area (Å²) in [7, 11) is 0. The predicted octanol–water partition coefficient (Wildman–Crippen LogP) is 3.85. The molecule has 0 N–H and O–H groups in total. The highest BCUT2D eigenvalue weighted by molar-refractivity contribution is 5.81. The van der Waals surface area contributed by atoms with Crippen molar-refractivity contribution in [1.29, 1.82) is 0 Å². The largest absolute Gasteiger partial charge is 0.463 e. The summed E-state index contributed by atoms with van der Waals surface area (Å²) in [4.78, 5) is 15.1. The minimum Gasteiger partial charge on any atom is -0.463 e. The summed E-state index contributed by atoms with van der Waals surface area (Å²) in [6, 6.07) is 15.9. The Kier molecular flexibility index (Phi) is 4.38. The molecule has 2 aromatic carbocycles. The Morgan fingerprint density at radius 3 is 2.48 bits per heavy atom. The first-order chi connectivity index (χ1) is 12.2. The molecular formula is C21H21NO3. The molecule has 0 radical (unpaired) electrons. The molecular weight excluding hydrogens is 314 g/mol. The number of benzene rings is 2. The van der Waals surface area contributed by atoms with Crippen molar-refractivity contribution in [2.75, 3.05) is 26.3 Å². The van der Waals surface area contributed by atoms with Crippen LogP contribution in [0.2, 0.25) is 0 Å². The van der Waals surface area contributed by atoms with Gasteiger partial charge in [0.15, 0.2) is 5.43 Å². The van der Waals surface area contributed by atoms with Crippen LogP contribution in [0.25, 0.3) is 22.1 Å². The molecule has 25 heavy (non-hydrogen) atoms. The van der Waals surface area contributed by atoms with Crippen LogP contribution >= 0.6 is 0 Å². The molecule has 2 heterocycles. The quantitative estimate of drug-likeness (QED) is 0.729. The first kappa shape index (κ1) is 16.1. The fourth-order valence-corrected chi connectivity index (χ4v) is 3.39. The first-order valence-electron chi connectivity index (χ1n) is 8.67. The van der Waals surface area contributed by atoms with Gasteiger partial charge in [0.05, 0.1) is 24.2 Å². The number of para-hydroxylation sites is 1. The molecule has 0 amide bonds. The number of rotatable bonds is 3. The standard InChI is InChI=1S/C21H21NO3/c1-15(22-10-12-24-13-11-22)16-6-8-17(9-7-16)19-14-25-20-5-3-2-4-18(20)21(19)23/h2-9,14-15H,10-13H2,1H3. The summed E-state index contributed by atoms with van der Waals surface area (Å²) in [6.07, 6.45) is 1.56. The second-order valence-corrected chi connectivity index (χ2v) is 6.42. The Morgan fingerprint density at radius 2 is 1.72 bits per heavy atom. The first-order valence-corrected chi connectivity index (χ1v) is 8.67. The minimum atomic E-state index is 0.0100. The van der Waals surface area contributed by atoms with Gasteiger partial charge in [0.25, 0.3) is 0 Å². The van der Waals surface area contributed by atoms with Crippen molar-refractivity contribution in [2.45, 2.75) is 13.0 Å². The Labute approximate surface area is 146 Å². The van der Waals surface area contributed by atoms with E-state index in [4.69, 9.17) is 9.15 Å². The molecule has 0 bridgehead atoms. The third-order valence-corrected chi connectivity index (χ3v) is 4.98. The highest BCUT2D eigenvalue weighted by Gasteiger charge is 2.18. The summed E-state index contributed by atoms with van der Waals surface area (Å²) in [5, 5.41) is 0.616. The topological polar surface area (TPSA) is 42.7 Å². The summed E-state index contributed by atoms with van der Waals surface area (Å²) in [5.74, 6) is 0. The maximum Gasteiger partial charge on any atom is 0.200 e. The molecule has 128 valence electrons. The monoisotopic (exact) mass is 335 g/mol. The number of morpholine rings is 1. The smallest absolute Gasteiger partial charge is 0.200 e. The molecule has 1 fully saturated rings. The van der Waals surface area contributed by atoms with Gasteiger partial charge in [0, 0.05) is 19.1 Å². The lowest BCUT2D eigenvalue weighted by Crippen LogP contribution is -2.37. The fraction of sp³-hybridized carbons (Fsp3) is 0.286. The zero-order valence-corrected chi connectivity index (χ0v) is 14.3. The van der Waals surface area contributed by atoms with E-state index in [2.05, 4.69) is 24.0 Å². The van der Waals surface area contributed by atoms with Crippen LogP contribution in [0.1, 0.15) is 18.5 Å². The second-order valence-electron chi connectivity index (χ2n) is 6.42. The molecule has 1 saturated heterocycles. The normalized spacial score (nSPS) is 16.8. The summed E-state index contributed by atoms with van der Waals surface area (Å²) < 4.78 is 11.1. The van der Waals surface area contributed by atoms with Crippen LogP contribution in [0.5, 0.6) is 0 Å². The van der Waals surface area contributed by atoms with Crippen LogP contribution in [0.15, 0.2) is 64.0 Å². The molecule has 4 heteroatoms. The third kappa shape index (κ3) is 3.11.